The molecule has 0 heterocycles. The van der Waals surface area contributed by atoms with E-state index in [-0.39, 0.29) is 5.92 Å². The molecule has 20 heavy (non-hydrogen) atoms. The Kier molecular flexibility index (Phi) is 5.22. The standard InChI is InChI=1S/C16H17BrClNO/c1-10-5-12(8-14(18)6-10)16(20)15(9-19)11-3-2-4-13(17)7-11/h2-8,15-16,20H,9,19H2,1H3. The van der Waals surface area contributed by atoms with Gasteiger partial charge in [0.15, 0.2) is 0 Å². The molecule has 0 aromatic heterocycles. The van der Waals surface area contributed by atoms with Crippen LogP contribution in [0.5, 0.6) is 0 Å². The van der Waals surface area contributed by atoms with E-state index in [9.17, 15) is 5.11 Å². The molecule has 2 nitrogen and oxygen atoms in total. The van der Waals surface area contributed by atoms with Crippen molar-refractivity contribution in [2.24, 2.45) is 5.73 Å². The normalized spacial score (nSPS) is 14.1. The van der Waals surface area contributed by atoms with Crippen LogP contribution < -0.4 is 5.73 Å². The number of hydrogen-bond donors (Lipinski definition) is 2. The average Bonchev–Trinajstić information content (AvgIpc) is 2.38. The summed E-state index contributed by atoms with van der Waals surface area (Å²) in [5.74, 6) is -0.162. The van der Waals surface area contributed by atoms with Crippen LogP contribution in [0.1, 0.15) is 28.7 Å². The highest BCUT2D eigenvalue weighted by Gasteiger charge is 2.22. The van der Waals surface area contributed by atoms with E-state index in [2.05, 4.69) is 15.9 Å². The summed E-state index contributed by atoms with van der Waals surface area (Å²) in [6.45, 7) is 2.32. The minimum Gasteiger partial charge on any atom is -0.388 e. The molecule has 0 aliphatic carbocycles. The Bertz CT molecular complexity index is 583. The van der Waals surface area contributed by atoms with Crippen molar-refractivity contribution in [2.75, 3.05) is 6.54 Å². The second-order valence-electron chi connectivity index (χ2n) is 4.90. The van der Waals surface area contributed by atoms with Crippen LogP contribution in [0.4, 0.5) is 0 Å². The first kappa shape index (κ1) is 15.5. The predicted molar refractivity (Wildman–Crippen MR) is 87.1 cm³/mol. The van der Waals surface area contributed by atoms with Gasteiger partial charge < -0.3 is 10.8 Å². The van der Waals surface area contributed by atoms with Gasteiger partial charge in [0.1, 0.15) is 0 Å². The number of rotatable bonds is 4. The van der Waals surface area contributed by atoms with Gasteiger partial charge >= 0.3 is 0 Å². The summed E-state index contributed by atoms with van der Waals surface area (Å²) in [5, 5.41) is 11.2. The molecule has 2 aromatic carbocycles. The molecule has 0 aliphatic heterocycles. The third kappa shape index (κ3) is 3.61. The Morgan fingerprint density at radius 1 is 1.20 bits per heavy atom. The minimum atomic E-state index is -0.674. The Morgan fingerprint density at radius 2 is 1.95 bits per heavy atom. The van der Waals surface area contributed by atoms with Crippen molar-refractivity contribution in [2.45, 2.75) is 18.9 Å². The number of aliphatic hydroxyl groups is 1. The van der Waals surface area contributed by atoms with Crippen molar-refractivity contribution in [3.8, 4) is 0 Å². The minimum absolute atomic E-state index is 0.162. The summed E-state index contributed by atoms with van der Waals surface area (Å²) in [7, 11) is 0. The molecule has 0 radical (unpaired) electrons. The van der Waals surface area contributed by atoms with E-state index in [1.54, 1.807) is 6.07 Å². The monoisotopic (exact) mass is 353 g/mol. The van der Waals surface area contributed by atoms with Crippen LogP contribution in [-0.2, 0) is 0 Å². The van der Waals surface area contributed by atoms with Gasteiger partial charge in [0, 0.05) is 22.0 Å². The van der Waals surface area contributed by atoms with Gasteiger partial charge in [-0.3, -0.25) is 0 Å². The van der Waals surface area contributed by atoms with Crippen LogP contribution in [0, 0.1) is 6.92 Å². The third-order valence-electron chi connectivity index (χ3n) is 3.32. The Morgan fingerprint density at radius 3 is 2.55 bits per heavy atom. The Hall–Kier alpha value is -0.870. The van der Waals surface area contributed by atoms with Crippen LogP contribution in [0.2, 0.25) is 5.02 Å². The van der Waals surface area contributed by atoms with E-state index in [0.717, 1.165) is 21.2 Å². The maximum Gasteiger partial charge on any atom is 0.0871 e. The predicted octanol–water partition coefficient (Wildman–Crippen LogP) is 4.19. The van der Waals surface area contributed by atoms with Crippen LogP contribution >= 0.6 is 27.5 Å². The summed E-state index contributed by atoms with van der Waals surface area (Å²) in [6, 6.07) is 13.5. The second-order valence-corrected chi connectivity index (χ2v) is 6.26. The van der Waals surface area contributed by atoms with E-state index in [0.29, 0.717) is 11.6 Å². The molecule has 0 amide bonds. The van der Waals surface area contributed by atoms with E-state index in [4.69, 9.17) is 17.3 Å². The highest BCUT2D eigenvalue weighted by atomic mass is 79.9. The summed E-state index contributed by atoms with van der Waals surface area (Å²) < 4.78 is 0.975. The fourth-order valence-electron chi connectivity index (χ4n) is 2.35. The SMILES string of the molecule is Cc1cc(Cl)cc(C(O)C(CN)c2cccc(Br)c2)c1. The number of aryl methyl sites for hydroxylation is 1. The summed E-state index contributed by atoms with van der Waals surface area (Å²) in [5.41, 5.74) is 8.69. The molecule has 2 rings (SSSR count). The smallest absolute Gasteiger partial charge is 0.0871 e. The Balaban J connectivity index is 2.35. The lowest BCUT2D eigenvalue weighted by atomic mass is 9.89. The van der Waals surface area contributed by atoms with Crippen LogP contribution in [0.3, 0.4) is 0 Å². The molecule has 4 heteroatoms. The van der Waals surface area contributed by atoms with E-state index >= 15 is 0 Å². The molecule has 3 N–H and O–H groups in total. The average molecular weight is 355 g/mol. The van der Waals surface area contributed by atoms with Crippen molar-refractivity contribution in [3.63, 3.8) is 0 Å². The van der Waals surface area contributed by atoms with Gasteiger partial charge in [-0.2, -0.15) is 0 Å². The summed E-state index contributed by atoms with van der Waals surface area (Å²) in [6.07, 6.45) is -0.674. The molecule has 2 aromatic rings. The van der Waals surface area contributed by atoms with Crippen molar-refractivity contribution in [1.82, 2.24) is 0 Å². The molecule has 0 aliphatic rings. The first-order valence-electron chi connectivity index (χ1n) is 6.42. The van der Waals surface area contributed by atoms with E-state index in [1.165, 1.54) is 0 Å². The van der Waals surface area contributed by atoms with Crippen molar-refractivity contribution >= 4 is 27.5 Å². The molecule has 106 valence electrons. The van der Waals surface area contributed by atoms with Crippen LogP contribution in [0.25, 0.3) is 0 Å². The number of hydrogen-bond acceptors (Lipinski definition) is 2. The van der Waals surface area contributed by atoms with Crippen LogP contribution in [-0.4, -0.2) is 11.7 Å². The van der Waals surface area contributed by atoms with E-state index < -0.39 is 6.10 Å². The van der Waals surface area contributed by atoms with Crippen molar-refractivity contribution in [3.05, 3.63) is 68.7 Å². The lowest BCUT2D eigenvalue weighted by molar-refractivity contribution is 0.147. The highest BCUT2D eigenvalue weighted by Crippen LogP contribution is 2.33. The maximum absolute atomic E-state index is 10.6. The van der Waals surface area contributed by atoms with E-state index in [1.807, 2.05) is 43.3 Å². The molecule has 0 fully saturated rings. The lowest BCUT2D eigenvalue weighted by Crippen LogP contribution is -2.20. The van der Waals surface area contributed by atoms with Crippen LogP contribution in [0.15, 0.2) is 46.9 Å². The highest BCUT2D eigenvalue weighted by molar-refractivity contribution is 9.10. The van der Waals surface area contributed by atoms with Gasteiger partial charge in [0.2, 0.25) is 0 Å². The molecule has 0 spiro atoms. The molecule has 0 saturated carbocycles. The zero-order valence-electron chi connectivity index (χ0n) is 11.2. The number of nitrogens with two attached hydrogens (primary N) is 1. The van der Waals surface area contributed by atoms with Gasteiger partial charge in [0.25, 0.3) is 0 Å². The molecular weight excluding hydrogens is 338 g/mol. The third-order valence-corrected chi connectivity index (χ3v) is 4.03. The van der Waals surface area contributed by atoms with Crippen molar-refractivity contribution < 1.29 is 5.11 Å². The van der Waals surface area contributed by atoms with Gasteiger partial charge in [-0.05, 0) is 47.9 Å². The Labute approximate surface area is 132 Å². The molecule has 2 unspecified atom stereocenters. The lowest BCUT2D eigenvalue weighted by Gasteiger charge is -2.23. The zero-order valence-corrected chi connectivity index (χ0v) is 13.5. The number of aliphatic hydroxyl groups excluding tert-OH is 1. The molecular formula is C16H17BrClNO. The molecule has 0 saturated heterocycles. The van der Waals surface area contributed by atoms with Crippen molar-refractivity contribution in [1.29, 1.82) is 0 Å². The summed E-state index contributed by atoms with van der Waals surface area (Å²) in [4.78, 5) is 0. The van der Waals surface area contributed by atoms with Gasteiger partial charge in [0.05, 0.1) is 6.10 Å². The molecule has 2 atom stereocenters. The first-order valence-corrected chi connectivity index (χ1v) is 7.59. The van der Waals surface area contributed by atoms with Gasteiger partial charge in [-0.25, -0.2) is 0 Å². The van der Waals surface area contributed by atoms with Gasteiger partial charge in [-0.15, -0.1) is 0 Å². The van der Waals surface area contributed by atoms with Gasteiger partial charge in [-0.1, -0.05) is 45.7 Å². The first-order chi connectivity index (χ1) is 9.51. The zero-order chi connectivity index (χ0) is 14.7. The topological polar surface area (TPSA) is 46.2 Å². The quantitative estimate of drug-likeness (QED) is 0.865. The number of benzene rings is 2. The fraction of sp³-hybridized carbons (Fsp3) is 0.250. The fourth-order valence-corrected chi connectivity index (χ4v) is 3.07. The second kappa shape index (κ2) is 6.72. The number of halogens is 2. The largest absolute Gasteiger partial charge is 0.388 e. The maximum atomic E-state index is 10.6. The molecule has 0 bridgehead atoms. The summed E-state index contributed by atoms with van der Waals surface area (Å²) >= 11 is 9.51.